The minimum atomic E-state index is -1.90. The molecule has 2 aromatic heterocycles. The summed E-state index contributed by atoms with van der Waals surface area (Å²) in [5.74, 6) is 0.721. The first-order chi connectivity index (χ1) is 14.8. The average Bonchev–Trinajstić information content (AvgIpc) is 3.20. The Balaban J connectivity index is 2.24. The van der Waals surface area contributed by atoms with Crippen molar-refractivity contribution >= 4 is 37.0 Å². The number of carbonyl (C=O) groups is 1. The van der Waals surface area contributed by atoms with Gasteiger partial charge in [-0.05, 0) is 44.3 Å². The number of rotatable bonds is 6. The number of oxazole rings is 2. The lowest BCUT2D eigenvalue weighted by molar-refractivity contribution is 0.0446. The van der Waals surface area contributed by atoms with Crippen molar-refractivity contribution in [1.29, 1.82) is 0 Å². The molecule has 2 aromatic rings. The summed E-state index contributed by atoms with van der Waals surface area (Å²) in [6.07, 6.45) is 1.06. The number of aromatic nitrogens is 2. The molecule has 2 heterocycles. The smallest absolute Gasteiger partial charge is 0.408 e. The van der Waals surface area contributed by atoms with Gasteiger partial charge in [0.2, 0.25) is 11.8 Å². The van der Waals surface area contributed by atoms with Crippen molar-refractivity contribution < 1.29 is 22.8 Å². The molecule has 0 unspecified atom stereocenters. The van der Waals surface area contributed by atoms with E-state index in [1.54, 1.807) is 6.26 Å². The molecule has 186 valence electrons. The lowest BCUT2D eigenvalue weighted by Gasteiger charge is -2.35. The molecule has 8 nitrogen and oxygen atoms in total. The lowest BCUT2D eigenvalue weighted by atomic mass is 9.86. The second-order valence-corrected chi connectivity index (χ2v) is 17.6. The molecule has 0 bridgehead atoms. The summed E-state index contributed by atoms with van der Waals surface area (Å²) in [7, 11) is -1.90. The number of nitrogens with zero attached hydrogens (tertiary/aromatic N) is 2. The van der Waals surface area contributed by atoms with Crippen molar-refractivity contribution in [2.75, 3.05) is 0 Å². The Morgan fingerprint density at radius 3 is 2.24 bits per heavy atom. The third-order valence-corrected chi connectivity index (χ3v) is 10.7. The Morgan fingerprint density at radius 1 is 1.12 bits per heavy atom. The number of hydrogen-bond donors (Lipinski definition) is 1. The van der Waals surface area contributed by atoms with Gasteiger partial charge >= 0.3 is 6.09 Å². The Labute approximate surface area is 211 Å². The second-order valence-electron chi connectivity index (χ2n) is 11.8. The van der Waals surface area contributed by atoms with E-state index in [0.29, 0.717) is 33.5 Å². The summed E-state index contributed by atoms with van der Waals surface area (Å²) < 4.78 is 23.8. The molecule has 1 amide bonds. The van der Waals surface area contributed by atoms with E-state index in [-0.39, 0.29) is 10.5 Å². The van der Waals surface area contributed by atoms with E-state index >= 15 is 0 Å². The first-order valence-corrected chi connectivity index (χ1v) is 15.0. The fourth-order valence-electron chi connectivity index (χ4n) is 2.60. The first kappa shape index (κ1) is 27.8. The number of hydrogen-bond acceptors (Lipinski definition) is 7. The zero-order chi connectivity index (χ0) is 25.4. The largest absolute Gasteiger partial charge is 0.444 e. The number of ether oxygens (including phenoxy) is 1. The maximum atomic E-state index is 12.4. The minimum absolute atomic E-state index is 0.110. The molecule has 2 rings (SSSR count). The van der Waals surface area contributed by atoms with Crippen molar-refractivity contribution in [2.24, 2.45) is 5.41 Å². The molecule has 1 N–H and O–H groups in total. The van der Waals surface area contributed by atoms with Gasteiger partial charge in [-0.15, -0.1) is 0 Å². The summed E-state index contributed by atoms with van der Waals surface area (Å²) in [4.78, 5) is 21.6. The van der Waals surface area contributed by atoms with Crippen molar-refractivity contribution in [3.8, 4) is 11.6 Å². The maximum absolute atomic E-state index is 12.4. The molecule has 1 atom stereocenters. The standard InChI is InChI=1S/C23H38IN3O5Si/c1-21(2,3)16(27-20(28)32-22(4,5)6)19-26-15(17(24)31-19)18-25-14(12-29-18)13-30-33(10,11)23(7,8)9/h12,16H,13H2,1-11H3,(H,27,28)/t16-/m1/s1. The molecular weight excluding hydrogens is 553 g/mol. The van der Waals surface area contributed by atoms with Gasteiger partial charge in [0.15, 0.2) is 17.8 Å². The van der Waals surface area contributed by atoms with Crippen LogP contribution in [0.15, 0.2) is 15.1 Å². The molecule has 0 aliphatic rings. The fourth-order valence-corrected chi connectivity index (χ4v) is 4.12. The lowest BCUT2D eigenvalue weighted by Crippen LogP contribution is -2.40. The van der Waals surface area contributed by atoms with Crippen LogP contribution in [-0.4, -0.2) is 30.0 Å². The van der Waals surface area contributed by atoms with Crippen LogP contribution in [-0.2, 0) is 15.8 Å². The Morgan fingerprint density at radius 2 is 1.73 bits per heavy atom. The molecule has 0 radical (unpaired) electrons. The van der Waals surface area contributed by atoms with Gasteiger partial charge in [-0.3, -0.25) is 0 Å². The highest BCUT2D eigenvalue weighted by Gasteiger charge is 2.38. The topological polar surface area (TPSA) is 99.6 Å². The molecule has 0 aromatic carbocycles. The van der Waals surface area contributed by atoms with Crippen molar-refractivity contribution in [3.05, 3.63) is 21.6 Å². The highest BCUT2D eigenvalue weighted by molar-refractivity contribution is 14.1. The van der Waals surface area contributed by atoms with Crippen LogP contribution < -0.4 is 5.32 Å². The molecule has 33 heavy (non-hydrogen) atoms. The van der Waals surface area contributed by atoms with E-state index in [2.05, 4.69) is 71.7 Å². The predicted molar refractivity (Wildman–Crippen MR) is 138 cm³/mol. The van der Waals surface area contributed by atoms with Gasteiger partial charge in [-0.25, -0.2) is 14.8 Å². The molecule has 0 saturated heterocycles. The van der Waals surface area contributed by atoms with Gasteiger partial charge in [-0.1, -0.05) is 41.5 Å². The zero-order valence-corrected chi connectivity index (χ0v) is 24.8. The Hall–Kier alpha value is -1.40. The van der Waals surface area contributed by atoms with Crippen LogP contribution in [0.2, 0.25) is 18.1 Å². The summed E-state index contributed by atoms with van der Waals surface area (Å²) in [6, 6.07) is -0.508. The van der Waals surface area contributed by atoms with Crippen LogP contribution >= 0.6 is 22.6 Å². The highest BCUT2D eigenvalue weighted by Crippen LogP contribution is 2.38. The van der Waals surface area contributed by atoms with E-state index in [1.807, 2.05) is 41.5 Å². The van der Waals surface area contributed by atoms with Gasteiger partial charge in [0.25, 0.3) is 0 Å². The van der Waals surface area contributed by atoms with E-state index in [1.165, 1.54) is 0 Å². The van der Waals surface area contributed by atoms with Gasteiger partial charge in [0.1, 0.15) is 23.6 Å². The average molecular weight is 592 g/mol. The molecule has 0 aliphatic carbocycles. The van der Waals surface area contributed by atoms with Crippen LogP contribution in [0.5, 0.6) is 0 Å². The summed E-state index contributed by atoms with van der Waals surface area (Å²) in [6.45, 7) is 22.8. The third-order valence-electron chi connectivity index (χ3n) is 5.52. The second kappa shape index (κ2) is 9.69. The normalized spacial score (nSPS) is 14.3. The number of carbonyl (C=O) groups excluding carboxylic acids is 1. The number of halogens is 1. The van der Waals surface area contributed by atoms with Crippen LogP contribution in [0, 0.1) is 9.18 Å². The molecule has 0 spiro atoms. The van der Waals surface area contributed by atoms with Crippen molar-refractivity contribution in [1.82, 2.24) is 15.3 Å². The molecule has 10 heteroatoms. The van der Waals surface area contributed by atoms with E-state index in [0.717, 1.165) is 0 Å². The van der Waals surface area contributed by atoms with Crippen LogP contribution in [0.25, 0.3) is 11.6 Å². The van der Waals surface area contributed by atoms with E-state index < -0.39 is 26.1 Å². The van der Waals surface area contributed by atoms with Crippen LogP contribution in [0.4, 0.5) is 4.79 Å². The van der Waals surface area contributed by atoms with E-state index in [4.69, 9.17) is 18.0 Å². The first-order valence-electron chi connectivity index (χ1n) is 11.0. The van der Waals surface area contributed by atoms with Gasteiger partial charge in [0, 0.05) is 22.6 Å². The predicted octanol–water partition coefficient (Wildman–Crippen LogP) is 7.07. The van der Waals surface area contributed by atoms with Crippen LogP contribution in [0.3, 0.4) is 0 Å². The van der Waals surface area contributed by atoms with Gasteiger partial charge in [0.05, 0.1) is 6.61 Å². The van der Waals surface area contributed by atoms with Gasteiger partial charge < -0.3 is 23.3 Å². The van der Waals surface area contributed by atoms with E-state index in [9.17, 15) is 4.79 Å². The monoisotopic (exact) mass is 591 g/mol. The summed E-state index contributed by atoms with van der Waals surface area (Å²) in [5, 5.41) is 3.00. The summed E-state index contributed by atoms with van der Waals surface area (Å²) in [5.41, 5.74) is 0.212. The summed E-state index contributed by atoms with van der Waals surface area (Å²) >= 11 is 2.06. The van der Waals surface area contributed by atoms with Gasteiger partial charge in [-0.2, -0.15) is 0 Å². The minimum Gasteiger partial charge on any atom is -0.444 e. The van der Waals surface area contributed by atoms with Crippen molar-refractivity contribution in [2.45, 2.75) is 98.7 Å². The molecule has 0 fully saturated rings. The maximum Gasteiger partial charge on any atom is 0.408 e. The molecule has 0 aliphatic heterocycles. The quantitative estimate of drug-likeness (QED) is 0.283. The number of amides is 1. The highest BCUT2D eigenvalue weighted by atomic mass is 127. The molecular formula is C23H38IN3O5Si. The third kappa shape index (κ3) is 7.54. The Kier molecular flexibility index (Phi) is 8.17. The Bertz CT molecular complexity index is 964. The number of nitrogens with one attached hydrogen (secondary N) is 1. The molecule has 0 saturated carbocycles. The van der Waals surface area contributed by atoms with Crippen LogP contribution in [0.1, 0.15) is 79.9 Å². The SMILES string of the molecule is CC(C)(C)OC(=O)N[C@H](c1nc(-c2nc(CO[Si](C)(C)C(C)(C)C)co2)c(I)o1)C(C)(C)C. The van der Waals surface area contributed by atoms with Crippen molar-refractivity contribution in [3.63, 3.8) is 0 Å². The fraction of sp³-hybridized carbons (Fsp3) is 0.696. The zero-order valence-electron chi connectivity index (χ0n) is 21.7. The number of alkyl carbamates (subject to hydrolysis) is 1.